The molecule has 1 nitrogen and oxygen atoms in total. The zero-order chi connectivity index (χ0) is 15.1. The summed E-state index contributed by atoms with van der Waals surface area (Å²) in [5.41, 5.74) is 5.52. The predicted octanol–water partition coefficient (Wildman–Crippen LogP) is 6.47. The SMILES string of the molecule is CCc1ccc(-c2ccc(Cl)cc2)c2c1oc1ccccc12. The van der Waals surface area contributed by atoms with Gasteiger partial charge in [-0.15, -0.1) is 0 Å². The number of rotatable bonds is 2. The summed E-state index contributed by atoms with van der Waals surface area (Å²) in [6.07, 6.45) is 0.956. The zero-order valence-corrected chi connectivity index (χ0v) is 13.0. The van der Waals surface area contributed by atoms with Gasteiger partial charge in [-0.1, -0.05) is 61.0 Å². The molecule has 0 amide bonds. The van der Waals surface area contributed by atoms with Gasteiger partial charge in [0.2, 0.25) is 0 Å². The number of halogens is 1. The van der Waals surface area contributed by atoms with Crippen LogP contribution in [0.25, 0.3) is 33.1 Å². The third-order valence-corrected chi connectivity index (χ3v) is 4.40. The molecule has 0 N–H and O–H groups in total. The zero-order valence-electron chi connectivity index (χ0n) is 12.3. The molecule has 22 heavy (non-hydrogen) atoms. The molecule has 3 aromatic carbocycles. The fraction of sp³-hybridized carbons (Fsp3) is 0.100. The van der Waals surface area contributed by atoms with Crippen molar-refractivity contribution in [3.05, 3.63) is 71.2 Å². The summed E-state index contributed by atoms with van der Waals surface area (Å²) < 4.78 is 6.13. The quantitative estimate of drug-likeness (QED) is 0.413. The minimum Gasteiger partial charge on any atom is -0.456 e. The van der Waals surface area contributed by atoms with E-state index < -0.39 is 0 Å². The smallest absolute Gasteiger partial charge is 0.139 e. The second-order valence-electron chi connectivity index (χ2n) is 5.44. The van der Waals surface area contributed by atoms with Gasteiger partial charge in [-0.2, -0.15) is 0 Å². The Morgan fingerprint density at radius 1 is 0.909 bits per heavy atom. The standard InChI is InChI=1S/C20H15ClO/c1-2-13-9-12-16(14-7-10-15(21)11-8-14)19-17-5-3-4-6-18(17)22-20(13)19/h3-12H,2H2,1H3. The maximum atomic E-state index is 6.13. The van der Waals surface area contributed by atoms with Gasteiger partial charge in [0, 0.05) is 15.8 Å². The summed E-state index contributed by atoms with van der Waals surface area (Å²) >= 11 is 6.02. The molecule has 4 aromatic rings. The van der Waals surface area contributed by atoms with E-state index in [-0.39, 0.29) is 0 Å². The van der Waals surface area contributed by atoms with Gasteiger partial charge in [0.1, 0.15) is 11.2 Å². The minimum absolute atomic E-state index is 0.752. The predicted molar refractivity (Wildman–Crippen MR) is 93.5 cm³/mol. The molecule has 0 unspecified atom stereocenters. The summed E-state index contributed by atoms with van der Waals surface area (Å²) in [5, 5.41) is 3.11. The van der Waals surface area contributed by atoms with Crippen LogP contribution in [0.4, 0.5) is 0 Å². The van der Waals surface area contributed by atoms with Gasteiger partial charge in [-0.3, -0.25) is 0 Å². The molecule has 0 saturated heterocycles. The summed E-state index contributed by atoms with van der Waals surface area (Å²) in [6, 6.07) is 20.5. The second kappa shape index (κ2) is 5.19. The molecule has 0 aliphatic carbocycles. The molecular weight excluding hydrogens is 292 g/mol. The monoisotopic (exact) mass is 306 g/mol. The first-order valence-corrected chi connectivity index (χ1v) is 7.85. The van der Waals surface area contributed by atoms with Gasteiger partial charge in [0.15, 0.2) is 0 Å². The molecule has 2 heteroatoms. The summed E-state index contributed by atoms with van der Waals surface area (Å²) in [5.74, 6) is 0. The number of benzene rings is 3. The Morgan fingerprint density at radius 2 is 1.68 bits per heavy atom. The number of aryl methyl sites for hydroxylation is 1. The lowest BCUT2D eigenvalue weighted by atomic mass is 9.96. The van der Waals surface area contributed by atoms with Crippen molar-refractivity contribution in [2.45, 2.75) is 13.3 Å². The van der Waals surface area contributed by atoms with E-state index in [2.05, 4.69) is 43.3 Å². The molecule has 0 atom stereocenters. The topological polar surface area (TPSA) is 13.1 Å². The number of hydrogen-bond donors (Lipinski definition) is 0. The van der Waals surface area contributed by atoms with E-state index in [0.29, 0.717) is 0 Å². The lowest BCUT2D eigenvalue weighted by Crippen LogP contribution is -1.85. The first-order valence-electron chi connectivity index (χ1n) is 7.47. The van der Waals surface area contributed by atoms with Crippen molar-refractivity contribution in [2.24, 2.45) is 0 Å². The highest BCUT2D eigenvalue weighted by atomic mass is 35.5. The van der Waals surface area contributed by atoms with E-state index in [0.717, 1.165) is 33.6 Å². The van der Waals surface area contributed by atoms with Crippen LogP contribution in [0.2, 0.25) is 5.02 Å². The van der Waals surface area contributed by atoms with Gasteiger partial charge in [-0.25, -0.2) is 0 Å². The largest absolute Gasteiger partial charge is 0.456 e. The molecule has 0 spiro atoms. The van der Waals surface area contributed by atoms with Gasteiger partial charge in [-0.05, 0) is 41.3 Å². The number of furan rings is 1. The highest BCUT2D eigenvalue weighted by Crippen LogP contribution is 2.38. The lowest BCUT2D eigenvalue weighted by Gasteiger charge is -2.07. The molecule has 0 radical (unpaired) electrons. The Hall–Kier alpha value is -2.25. The molecule has 0 saturated carbocycles. The molecule has 1 heterocycles. The fourth-order valence-electron chi connectivity index (χ4n) is 3.03. The third-order valence-electron chi connectivity index (χ3n) is 4.14. The Kier molecular flexibility index (Phi) is 3.16. The van der Waals surface area contributed by atoms with Gasteiger partial charge >= 0.3 is 0 Å². The van der Waals surface area contributed by atoms with Crippen molar-refractivity contribution in [3.63, 3.8) is 0 Å². The Labute approximate surface area is 134 Å². The highest BCUT2D eigenvalue weighted by Gasteiger charge is 2.14. The van der Waals surface area contributed by atoms with E-state index >= 15 is 0 Å². The second-order valence-corrected chi connectivity index (χ2v) is 5.87. The van der Waals surface area contributed by atoms with E-state index in [4.69, 9.17) is 16.0 Å². The molecule has 0 aliphatic heterocycles. The van der Waals surface area contributed by atoms with Crippen LogP contribution in [-0.4, -0.2) is 0 Å². The van der Waals surface area contributed by atoms with E-state index in [9.17, 15) is 0 Å². The molecule has 108 valence electrons. The third kappa shape index (κ3) is 2.01. The van der Waals surface area contributed by atoms with Crippen molar-refractivity contribution < 1.29 is 4.42 Å². The van der Waals surface area contributed by atoms with Crippen LogP contribution >= 0.6 is 11.6 Å². The van der Waals surface area contributed by atoms with Gasteiger partial charge < -0.3 is 4.42 Å². The van der Waals surface area contributed by atoms with Crippen LogP contribution in [0, 0.1) is 0 Å². The number of hydrogen-bond acceptors (Lipinski definition) is 1. The Bertz CT molecular complexity index is 964. The van der Waals surface area contributed by atoms with Crippen LogP contribution in [-0.2, 0) is 6.42 Å². The highest BCUT2D eigenvalue weighted by molar-refractivity contribution is 6.30. The number of para-hydroxylation sites is 1. The summed E-state index contributed by atoms with van der Waals surface area (Å²) in [6.45, 7) is 2.16. The van der Waals surface area contributed by atoms with Crippen LogP contribution in [0.1, 0.15) is 12.5 Å². The molecule has 0 bridgehead atoms. The average Bonchev–Trinajstić information content (AvgIpc) is 2.94. The molecule has 0 aliphatic rings. The van der Waals surface area contributed by atoms with Crippen molar-refractivity contribution >= 4 is 33.5 Å². The molecule has 4 rings (SSSR count). The lowest BCUT2D eigenvalue weighted by molar-refractivity contribution is 0.663. The first kappa shape index (κ1) is 13.4. The number of fused-ring (bicyclic) bond motifs is 3. The summed E-state index contributed by atoms with van der Waals surface area (Å²) in [4.78, 5) is 0. The average molecular weight is 307 g/mol. The van der Waals surface area contributed by atoms with Crippen LogP contribution in [0.5, 0.6) is 0 Å². The van der Waals surface area contributed by atoms with Crippen LogP contribution in [0.15, 0.2) is 65.1 Å². The normalized spacial score (nSPS) is 11.4. The molecule has 0 fully saturated rings. The summed E-state index contributed by atoms with van der Waals surface area (Å²) in [7, 11) is 0. The molecular formula is C20H15ClO. The van der Waals surface area contributed by atoms with Crippen molar-refractivity contribution in [2.75, 3.05) is 0 Å². The maximum absolute atomic E-state index is 6.13. The van der Waals surface area contributed by atoms with E-state index in [1.165, 1.54) is 16.5 Å². The van der Waals surface area contributed by atoms with Crippen LogP contribution < -0.4 is 0 Å². The molecule has 1 aromatic heterocycles. The van der Waals surface area contributed by atoms with Crippen LogP contribution in [0.3, 0.4) is 0 Å². The maximum Gasteiger partial charge on any atom is 0.139 e. The van der Waals surface area contributed by atoms with Gasteiger partial charge in [0.05, 0.1) is 0 Å². The Balaban J connectivity index is 2.12. The van der Waals surface area contributed by atoms with E-state index in [1.807, 2.05) is 24.3 Å². The van der Waals surface area contributed by atoms with Gasteiger partial charge in [0.25, 0.3) is 0 Å². The van der Waals surface area contributed by atoms with E-state index in [1.54, 1.807) is 0 Å². The van der Waals surface area contributed by atoms with Crippen molar-refractivity contribution in [1.82, 2.24) is 0 Å². The van der Waals surface area contributed by atoms with Crippen molar-refractivity contribution in [1.29, 1.82) is 0 Å². The minimum atomic E-state index is 0.752. The Morgan fingerprint density at radius 3 is 2.45 bits per heavy atom. The fourth-order valence-corrected chi connectivity index (χ4v) is 3.16. The van der Waals surface area contributed by atoms with Crippen molar-refractivity contribution in [3.8, 4) is 11.1 Å². The first-order chi connectivity index (χ1) is 10.8.